The van der Waals surface area contributed by atoms with Gasteiger partial charge in [-0.15, -0.1) is 0 Å². The summed E-state index contributed by atoms with van der Waals surface area (Å²) in [5.74, 6) is -0.344. The van der Waals surface area contributed by atoms with E-state index >= 15 is 0 Å². The van der Waals surface area contributed by atoms with E-state index < -0.39 is 0 Å². The van der Waals surface area contributed by atoms with Crippen LogP contribution in [0, 0.1) is 5.82 Å². The summed E-state index contributed by atoms with van der Waals surface area (Å²) in [7, 11) is 3.32. The Morgan fingerprint density at radius 3 is 2.57 bits per heavy atom. The molecule has 1 rings (SSSR count). The van der Waals surface area contributed by atoms with Gasteiger partial charge in [-0.1, -0.05) is 15.9 Å². The molecule has 0 aliphatic carbocycles. The zero-order valence-electron chi connectivity index (χ0n) is 12.1. The summed E-state index contributed by atoms with van der Waals surface area (Å²) in [5, 5.41) is 5.20. The van der Waals surface area contributed by atoms with E-state index in [-0.39, 0.29) is 30.7 Å². The highest BCUT2D eigenvalue weighted by Gasteiger charge is 2.06. The van der Waals surface area contributed by atoms with E-state index in [4.69, 9.17) is 0 Å². The Morgan fingerprint density at radius 1 is 1.24 bits per heavy atom. The van der Waals surface area contributed by atoms with Crippen LogP contribution in [0.4, 0.5) is 9.18 Å². The Labute approximate surface area is 132 Å². The second-order valence-corrected chi connectivity index (χ2v) is 5.62. The average Bonchev–Trinajstić information content (AvgIpc) is 2.42. The fourth-order valence-electron chi connectivity index (χ4n) is 1.61. The molecule has 0 aliphatic rings. The van der Waals surface area contributed by atoms with E-state index in [1.807, 2.05) is 0 Å². The quantitative estimate of drug-likeness (QED) is 0.814. The Kier molecular flexibility index (Phi) is 7.14. The number of hydrogen-bond acceptors (Lipinski definition) is 2. The lowest BCUT2D eigenvalue weighted by Gasteiger charge is -2.11. The maximum Gasteiger partial charge on any atom is 0.314 e. The molecule has 116 valence electrons. The number of carbonyl (C=O) groups excluding carboxylic acids is 2. The Hall–Kier alpha value is -1.63. The van der Waals surface area contributed by atoms with Crippen LogP contribution in [0.25, 0.3) is 0 Å². The van der Waals surface area contributed by atoms with Gasteiger partial charge in [-0.2, -0.15) is 0 Å². The lowest BCUT2D eigenvalue weighted by atomic mass is 10.1. The highest BCUT2D eigenvalue weighted by molar-refractivity contribution is 9.10. The molecular formula is C14H19BrFN3O2. The van der Waals surface area contributed by atoms with Crippen molar-refractivity contribution >= 4 is 27.9 Å². The number of hydrogen-bond donors (Lipinski definition) is 2. The second kappa shape index (κ2) is 8.61. The van der Waals surface area contributed by atoms with Gasteiger partial charge in [0, 0.05) is 38.1 Å². The maximum absolute atomic E-state index is 13.5. The number of nitrogens with one attached hydrogen (secondary N) is 2. The van der Waals surface area contributed by atoms with E-state index in [0.29, 0.717) is 18.5 Å². The van der Waals surface area contributed by atoms with Gasteiger partial charge in [-0.25, -0.2) is 9.18 Å². The van der Waals surface area contributed by atoms with Crippen molar-refractivity contribution in [3.05, 3.63) is 34.1 Å². The lowest BCUT2D eigenvalue weighted by Crippen LogP contribution is -2.38. The van der Waals surface area contributed by atoms with Crippen molar-refractivity contribution in [2.45, 2.75) is 12.8 Å². The number of benzene rings is 1. The molecule has 0 spiro atoms. The van der Waals surface area contributed by atoms with Gasteiger partial charge >= 0.3 is 6.03 Å². The number of rotatable bonds is 6. The van der Waals surface area contributed by atoms with Gasteiger partial charge in [0.25, 0.3) is 0 Å². The highest BCUT2D eigenvalue weighted by Crippen LogP contribution is 2.15. The smallest absolute Gasteiger partial charge is 0.314 e. The summed E-state index contributed by atoms with van der Waals surface area (Å²) in [4.78, 5) is 24.3. The van der Waals surface area contributed by atoms with E-state index in [9.17, 15) is 14.0 Å². The third-order valence-corrected chi connectivity index (χ3v) is 3.30. The predicted molar refractivity (Wildman–Crippen MR) is 82.5 cm³/mol. The summed E-state index contributed by atoms with van der Waals surface area (Å²) in [6.07, 6.45) is 0.649. The minimum absolute atomic E-state index is 0.0495. The van der Waals surface area contributed by atoms with Gasteiger partial charge in [-0.05, 0) is 30.2 Å². The van der Waals surface area contributed by atoms with Crippen LogP contribution < -0.4 is 10.6 Å². The number of carbonyl (C=O) groups is 2. The van der Waals surface area contributed by atoms with Crippen LogP contribution in [-0.2, 0) is 11.2 Å². The molecule has 0 aliphatic heterocycles. The predicted octanol–water partition coefficient (Wildman–Crippen LogP) is 1.91. The third kappa shape index (κ3) is 6.57. The monoisotopic (exact) mass is 359 g/mol. The molecule has 0 saturated heterocycles. The maximum atomic E-state index is 13.5. The van der Waals surface area contributed by atoms with E-state index in [1.165, 1.54) is 11.0 Å². The Morgan fingerprint density at radius 2 is 1.90 bits per heavy atom. The molecule has 3 amide bonds. The molecule has 5 nitrogen and oxygen atoms in total. The molecule has 21 heavy (non-hydrogen) atoms. The number of nitrogens with zero attached hydrogens (tertiary/aromatic N) is 1. The number of amides is 3. The van der Waals surface area contributed by atoms with Crippen molar-refractivity contribution in [1.29, 1.82) is 0 Å². The van der Waals surface area contributed by atoms with Crippen molar-refractivity contribution in [2.75, 3.05) is 27.2 Å². The van der Waals surface area contributed by atoms with Crippen LogP contribution in [0.2, 0.25) is 0 Å². The van der Waals surface area contributed by atoms with Crippen LogP contribution in [-0.4, -0.2) is 44.0 Å². The molecule has 0 bridgehead atoms. The molecule has 0 atom stereocenters. The zero-order valence-corrected chi connectivity index (χ0v) is 13.7. The molecular weight excluding hydrogens is 341 g/mol. The minimum atomic E-state index is -0.364. The first-order valence-corrected chi connectivity index (χ1v) is 7.35. The summed E-state index contributed by atoms with van der Waals surface area (Å²) in [6.45, 7) is 0.592. The third-order valence-electron chi connectivity index (χ3n) is 2.81. The fraction of sp³-hybridized carbons (Fsp3) is 0.429. The average molecular weight is 360 g/mol. The molecule has 0 heterocycles. The van der Waals surface area contributed by atoms with Gasteiger partial charge in [0.2, 0.25) is 5.91 Å². The summed E-state index contributed by atoms with van der Waals surface area (Å²) >= 11 is 3.27. The SMILES string of the molecule is CN(C)C(=O)CCNC(=O)NCCc1cc(Br)ccc1F. The standard InChI is InChI=1S/C14H19BrFN3O2/c1-19(2)13(20)6-8-18-14(21)17-7-5-10-9-11(15)3-4-12(10)16/h3-4,9H,5-8H2,1-2H3,(H2,17,18,21). The van der Waals surface area contributed by atoms with Crippen LogP contribution in [0.5, 0.6) is 0 Å². The van der Waals surface area contributed by atoms with Gasteiger partial charge in [0.05, 0.1) is 0 Å². The summed E-state index contributed by atoms with van der Waals surface area (Å²) < 4.78 is 14.3. The van der Waals surface area contributed by atoms with Crippen LogP contribution >= 0.6 is 15.9 Å². The largest absolute Gasteiger partial charge is 0.349 e. The molecule has 7 heteroatoms. The number of halogens is 2. The second-order valence-electron chi connectivity index (χ2n) is 4.71. The number of urea groups is 1. The van der Waals surface area contributed by atoms with Gasteiger partial charge in [0.1, 0.15) is 5.82 Å². The van der Waals surface area contributed by atoms with Crippen LogP contribution in [0.15, 0.2) is 22.7 Å². The molecule has 0 fully saturated rings. The van der Waals surface area contributed by atoms with Crippen molar-refractivity contribution in [2.24, 2.45) is 0 Å². The first-order valence-electron chi connectivity index (χ1n) is 6.56. The van der Waals surface area contributed by atoms with E-state index in [2.05, 4.69) is 26.6 Å². The Balaban J connectivity index is 2.24. The van der Waals surface area contributed by atoms with Crippen LogP contribution in [0.3, 0.4) is 0 Å². The molecule has 2 N–H and O–H groups in total. The van der Waals surface area contributed by atoms with E-state index in [1.54, 1.807) is 26.2 Å². The van der Waals surface area contributed by atoms with Crippen molar-refractivity contribution in [3.8, 4) is 0 Å². The molecule has 0 radical (unpaired) electrons. The first-order chi connectivity index (χ1) is 9.90. The Bertz CT molecular complexity index is 509. The fourth-order valence-corrected chi connectivity index (χ4v) is 2.02. The zero-order chi connectivity index (χ0) is 15.8. The molecule has 0 aromatic heterocycles. The van der Waals surface area contributed by atoms with E-state index in [0.717, 1.165) is 4.47 Å². The van der Waals surface area contributed by atoms with Gasteiger partial charge < -0.3 is 15.5 Å². The highest BCUT2D eigenvalue weighted by atomic mass is 79.9. The van der Waals surface area contributed by atoms with Gasteiger partial charge in [0.15, 0.2) is 0 Å². The minimum Gasteiger partial charge on any atom is -0.349 e. The van der Waals surface area contributed by atoms with Crippen molar-refractivity contribution in [3.63, 3.8) is 0 Å². The molecule has 1 aromatic carbocycles. The molecule has 0 unspecified atom stereocenters. The van der Waals surface area contributed by atoms with Gasteiger partial charge in [-0.3, -0.25) is 4.79 Å². The van der Waals surface area contributed by atoms with Crippen molar-refractivity contribution < 1.29 is 14.0 Å². The van der Waals surface area contributed by atoms with Crippen molar-refractivity contribution in [1.82, 2.24) is 15.5 Å². The van der Waals surface area contributed by atoms with Crippen LogP contribution in [0.1, 0.15) is 12.0 Å². The summed E-state index contributed by atoms with van der Waals surface area (Å²) in [6, 6.07) is 4.33. The normalized spacial score (nSPS) is 10.1. The lowest BCUT2D eigenvalue weighted by molar-refractivity contribution is -0.128. The summed E-state index contributed by atoms with van der Waals surface area (Å²) in [5.41, 5.74) is 0.535. The first kappa shape index (κ1) is 17.4. The molecule has 0 saturated carbocycles. The topological polar surface area (TPSA) is 61.4 Å². The molecule has 1 aromatic rings.